The van der Waals surface area contributed by atoms with Crippen molar-refractivity contribution in [2.45, 2.75) is 6.54 Å². The molecule has 0 amide bonds. The molecule has 0 atom stereocenters. The lowest BCUT2D eigenvalue weighted by molar-refractivity contribution is -0.146. The van der Waals surface area contributed by atoms with Crippen molar-refractivity contribution in [1.29, 1.82) is 0 Å². The standard InChI is InChI=1S/C20H16ClNO5/c1-27-18-7-3-6-15-19(18)14(16(23)9-17(24)20(25)26)11-22(15)10-12-4-2-5-13(21)8-12/h2-9,11,23H,10H2,1H3,(H,25,26)/b16-9-. The number of benzene rings is 2. The number of aromatic nitrogens is 1. The van der Waals surface area contributed by atoms with Gasteiger partial charge in [0.25, 0.3) is 5.78 Å². The van der Waals surface area contributed by atoms with Crippen LogP contribution in [0.5, 0.6) is 5.75 Å². The Balaban J connectivity index is 2.16. The van der Waals surface area contributed by atoms with Crippen LogP contribution in [0.4, 0.5) is 0 Å². The molecule has 0 saturated heterocycles. The van der Waals surface area contributed by atoms with Gasteiger partial charge >= 0.3 is 5.97 Å². The number of carboxylic acids is 1. The molecular formula is C20H16ClNO5. The first-order valence-corrected chi connectivity index (χ1v) is 8.37. The summed E-state index contributed by atoms with van der Waals surface area (Å²) >= 11 is 6.05. The highest BCUT2D eigenvalue weighted by Crippen LogP contribution is 2.34. The Morgan fingerprint density at radius 3 is 2.59 bits per heavy atom. The molecule has 138 valence electrons. The molecule has 2 N–H and O–H groups in total. The average molecular weight is 386 g/mol. The molecule has 3 aromatic rings. The fourth-order valence-electron chi connectivity index (χ4n) is 2.91. The van der Waals surface area contributed by atoms with Crippen LogP contribution < -0.4 is 4.74 Å². The minimum atomic E-state index is -1.64. The van der Waals surface area contributed by atoms with E-state index in [2.05, 4.69) is 0 Å². The Kier molecular flexibility index (Phi) is 5.19. The number of carbonyl (C=O) groups is 2. The highest BCUT2D eigenvalue weighted by Gasteiger charge is 2.18. The van der Waals surface area contributed by atoms with E-state index in [1.165, 1.54) is 7.11 Å². The van der Waals surface area contributed by atoms with E-state index in [1.807, 2.05) is 34.9 Å². The number of hydrogen-bond acceptors (Lipinski definition) is 4. The van der Waals surface area contributed by atoms with Gasteiger partial charge in [0.05, 0.1) is 18.0 Å². The van der Waals surface area contributed by atoms with Gasteiger partial charge in [0.15, 0.2) is 0 Å². The fourth-order valence-corrected chi connectivity index (χ4v) is 3.12. The molecule has 0 spiro atoms. The lowest BCUT2D eigenvalue weighted by atomic mass is 10.1. The molecule has 0 saturated carbocycles. The number of carbonyl (C=O) groups excluding carboxylic acids is 1. The summed E-state index contributed by atoms with van der Waals surface area (Å²) in [5, 5.41) is 20.3. The van der Waals surface area contributed by atoms with Crippen LogP contribution in [0.1, 0.15) is 11.1 Å². The third kappa shape index (κ3) is 3.80. The number of carboxylic acid groups (broad SMARTS) is 1. The third-order valence-corrected chi connectivity index (χ3v) is 4.32. The summed E-state index contributed by atoms with van der Waals surface area (Å²) in [6.45, 7) is 0.463. The maximum Gasteiger partial charge on any atom is 0.376 e. The number of ketones is 1. The number of hydrogen-bond donors (Lipinski definition) is 2. The predicted molar refractivity (Wildman–Crippen MR) is 102 cm³/mol. The smallest absolute Gasteiger partial charge is 0.376 e. The van der Waals surface area contributed by atoms with Gasteiger partial charge in [0.1, 0.15) is 11.5 Å². The van der Waals surface area contributed by atoms with Crippen molar-refractivity contribution in [2.24, 2.45) is 0 Å². The minimum Gasteiger partial charge on any atom is -0.507 e. The quantitative estimate of drug-likeness (QED) is 0.381. The molecule has 6 nitrogen and oxygen atoms in total. The van der Waals surface area contributed by atoms with Gasteiger partial charge < -0.3 is 19.5 Å². The molecule has 0 radical (unpaired) electrons. The molecule has 1 aromatic heterocycles. The van der Waals surface area contributed by atoms with Crippen molar-refractivity contribution in [2.75, 3.05) is 7.11 Å². The summed E-state index contributed by atoms with van der Waals surface area (Å²) in [5.41, 5.74) is 2.00. The molecule has 27 heavy (non-hydrogen) atoms. The number of aliphatic hydroxyl groups is 1. The van der Waals surface area contributed by atoms with Gasteiger partial charge in [-0.2, -0.15) is 0 Å². The largest absolute Gasteiger partial charge is 0.507 e. The molecule has 0 aliphatic heterocycles. The summed E-state index contributed by atoms with van der Waals surface area (Å²) < 4.78 is 7.25. The number of aliphatic hydroxyl groups excluding tert-OH is 1. The Morgan fingerprint density at radius 1 is 1.19 bits per heavy atom. The molecule has 3 rings (SSSR count). The van der Waals surface area contributed by atoms with E-state index in [1.54, 1.807) is 18.3 Å². The van der Waals surface area contributed by atoms with E-state index < -0.39 is 17.5 Å². The highest BCUT2D eigenvalue weighted by atomic mass is 35.5. The summed E-state index contributed by atoms with van der Waals surface area (Å²) in [6, 6.07) is 12.7. The highest BCUT2D eigenvalue weighted by molar-refractivity contribution is 6.38. The lowest BCUT2D eigenvalue weighted by Gasteiger charge is -2.07. The van der Waals surface area contributed by atoms with Crippen molar-refractivity contribution < 1.29 is 24.5 Å². The second-order valence-electron chi connectivity index (χ2n) is 5.85. The zero-order valence-electron chi connectivity index (χ0n) is 14.3. The number of aliphatic carboxylic acids is 1. The normalized spacial score (nSPS) is 11.6. The molecular weight excluding hydrogens is 370 g/mol. The van der Waals surface area contributed by atoms with Crippen LogP contribution in [0.25, 0.3) is 16.7 Å². The molecule has 1 heterocycles. The van der Waals surface area contributed by atoms with Crippen LogP contribution in [0, 0.1) is 0 Å². The van der Waals surface area contributed by atoms with E-state index in [0.29, 0.717) is 34.3 Å². The van der Waals surface area contributed by atoms with Crippen LogP contribution in [0.2, 0.25) is 5.02 Å². The fraction of sp³-hybridized carbons (Fsp3) is 0.100. The summed E-state index contributed by atoms with van der Waals surface area (Å²) in [6.07, 6.45) is 2.34. The van der Waals surface area contributed by atoms with E-state index in [9.17, 15) is 14.7 Å². The Morgan fingerprint density at radius 2 is 1.93 bits per heavy atom. The van der Waals surface area contributed by atoms with Crippen molar-refractivity contribution in [1.82, 2.24) is 4.57 Å². The van der Waals surface area contributed by atoms with E-state index in [0.717, 1.165) is 11.1 Å². The maximum absolute atomic E-state index is 11.5. The number of methoxy groups -OCH3 is 1. The zero-order chi connectivity index (χ0) is 19.6. The number of ether oxygens (including phenoxy) is 1. The Labute approximate surface area is 159 Å². The lowest BCUT2D eigenvalue weighted by Crippen LogP contribution is -2.09. The van der Waals surface area contributed by atoms with E-state index in [-0.39, 0.29) is 0 Å². The monoisotopic (exact) mass is 385 g/mol. The summed E-state index contributed by atoms with van der Waals surface area (Å²) in [5.74, 6) is -2.80. The van der Waals surface area contributed by atoms with Gasteiger partial charge in [-0.25, -0.2) is 4.79 Å². The van der Waals surface area contributed by atoms with Crippen LogP contribution in [-0.4, -0.2) is 33.6 Å². The molecule has 0 fully saturated rings. The Bertz CT molecular complexity index is 1070. The minimum absolute atomic E-state index is 0.305. The van der Waals surface area contributed by atoms with E-state index in [4.69, 9.17) is 21.4 Å². The molecule has 0 aliphatic carbocycles. The van der Waals surface area contributed by atoms with Gasteiger partial charge in [-0.15, -0.1) is 0 Å². The SMILES string of the molecule is COc1cccc2c1c(/C(O)=C/C(=O)C(=O)O)cn2Cc1cccc(Cl)c1. The second-order valence-corrected chi connectivity index (χ2v) is 6.29. The molecule has 7 heteroatoms. The van der Waals surface area contributed by atoms with Gasteiger partial charge in [-0.3, -0.25) is 4.79 Å². The first-order chi connectivity index (χ1) is 12.9. The Hall–Kier alpha value is -3.25. The second kappa shape index (κ2) is 7.55. The van der Waals surface area contributed by atoms with Crippen LogP contribution >= 0.6 is 11.6 Å². The number of nitrogens with zero attached hydrogens (tertiary/aromatic N) is 1. The molecule has 2 aromatic carbocycles. The van der Waals surface area contributed by atoms with Crippen molar-refractivity contribution in [3.05, 3.63) is 70.9 Å². The first kappa shape index (κ1) is 18.5. The number of fused-ring (bicyclic) bond motifs is 1. The molecule has 0 aliphatic rings. The van der Waals surface area contributed by atoms with Gasteiger partial charge in [-0.05, 0) is 29.8 Å². The van der Waals surface area contributed by atoms with Crippen LogP contribution in [0.15, 0.2) is 54.7 Å². The van der Waals surface area contributed by atoms with Gasteiger partial charge in [-0.1, -0.05) is 29.8 Å². The van der Waals surface area contributed by atoms with Gasteiger partial charge in [0, 0.05) is 29.4 Å². The molecule has 0 bridgehead atoms. The summed E-state index contributed by atoms with van der Waals surface area (Å²) in [7, 11) is 1.50. The maximum atomic E-state index is 11.5. The van der Waals surface area contributed by atoms with Crippen molar-refractivity contribution in [3.8, 4) is 5.75 Å². The van der Waals surface area contributed by atoms with Crippen molar-refractivity contribution >= 4 is 40.0 Å². The van der Waals surface area contributed by atoms with Crippen LogP contribution in [-0.2, 0) is 16.1 Å². The van der Waals surface area contributed by atoms with E-state index >= 15 is 0 Å². The van der Waals surface area contributed by atoms with Crippen molar-refractivity contribution in [3.63, 3.8) is 0 Å². The zero-order valence-corrected chi connectivity index (χ0v) is 15.1. The summed E-state index contributed by atoms with van der Waals surface area (Å²) in [4.78, 5) is 22.2. The number of rotatable bonds is 6. The first-order valence-electron chi connectivity index (χ1n) is 7.99. The third-order valence-electron chi connectivity index (χ3n) is 4.08. The predicted octanol–water partition coefficient (Wildman–Crippen LogP) is 3.90. The molecule has 0 unspecified atom stereocenters. The van der Waals surface area contributed by atoms with Crippen LogP contribution in [0.3, 0.4) is 0 Å². The topological polar surface area (TPSA) is 88.8 Å². The average Bonchev–Trinajstić information content (AvgIpc) is 3.00. The van der Waals surface area contributed by atoms with Gasteiger partial charge in [0.2, 0.25) is 0 Å². The number of halogens is 1.